The van der Waals surface area contributed by atoms with E-state index in [1.807, 2.05) is 6.92 Å². The SMILES string of the molecule is Cc1ccc(C(N)=O)cc1NC(=O)CCCCCCN. The van der Waals surface area contributed by atoms with Gasteiger partial charge in [0.15, 0.2) is 0 Å². The number of benzene rings is 1. The van der Waals surface area contributed by atoms with Gasteiger partial charge in [0.25, 0.3) is 0 Å². The van der Waals surface area contributed by atoms with E-state index < -0.39 is 5.91 Å². The smallest absolute Gasteiger partial charge is 0.248 e. The van der Waals surface area contributed by atoms with E-state index in [4.69, 9.17) is 11.5 Å². The average Bonchev–Trinajstić information content (AvgIpc) is 2.40. The summed E-state index contributed by atoms with van der Waals surface area (Å²) in [4.78, 5) is 22.9. The Kier molecular flexibility index (Phi) is 6.73. The highest BCUT2D eigenvalue weighted by Crippen LogP contribution is 2.17. The first-order valence-electron chi connectivity index (χ1n) is 6.95. The molecule has 1 aromatic rings. The normalized spacial score (nSPS) is 10.3. The van der Waals surface area contributed by atoms with Gasteiger partial charge in [0, 0.05) is 17.7 Å². The van der Waals surface area contributed by atoms with Crippen molar-refractivity contribution in [2.45, 2.75) is 39.0 Å². The third-order valence-corrected chi connectivity index (χ3v) is 3.15. The molecule has 0 saturated carbocycles. The number of hydrogen-bond acceptors (Lipinski definition) is 3. The van der Waals surface area contributed by atoms with Crippen molar-refractivity contribution in [2.24, 2.45) is 11.5 Å². The number of primary amides is 1. The summed E-state index contributed by atoms with van der Waals surface area (Å²) >= 11 is 0. The van der Waals surface area contributed by atoms with Crippen LogP contribution in [0, 0.1) is 6.92 Å². The molecule has 0 aliphatic heterocycles. The Morgan fingerprint density at radius 2 is 1.85 bits per heavy atom. The minimum atomic E-state index is -0.498. The first kappa shape index (κ1) is 16.2. The van der Waals surface area contributed by atoms with Crippen LogP contribution in [0.3, 0.4) is 0 Å². The van der Waals surface area contributed by atoms with E-state index in [0.29, 0.717) is 24.2 Å². The molecule has 0 unspecified atom stereocenters. The van der Waals surface area contributed by atoms with E-state index in [2.05, 4.69) is 5.32 Å². The first-order valence-corrected chi connectivity index (χ1v) is 6.95. The molecule has 5 heteroatoms. The molecule has 0 fully saturated rings. The summed E-state index contributed by atoms with van der Waals surface area (Å²) < 4.78 is 0. The van der Waals surface area contributed by atoms with Crippen LogP contribution >= 0.6 is 0 Å². The Hall–Kier alpha value is -1.88. The van der Waals surface area contributed by atoms with Crippen LogP contribution in [0.1, 0.15) is 48.0 Å². The Morgan fingerprint density at radius 1 is 1.15 bits per heavy atom. The van der Waals surface area contributed by atoms with Crippen molar-refractivity contribution in [1.82, 2.24) is 0 Å². The number of nitrogens with one attached hydrogen (secondary N) is 1. The molecule has 2 amide bonds. The van der Waals surface area contributed by atoms with E-state index in [0.717, 1.165) is 31.2 Å². The van der Waals surface area contributed by atoms with Crippen molar-refractivity contribution >= 4 is 17.5 Å². The number of anilines is 1. The molecule has 0 aliphatic carbocycles. The van der Waals surface area contributed by atoms with E-state index in [1.165, 1.54) is 0 Å². The summed E-state index contributed by atoms with van der Waals surface area (Å²) in [7, 11) is 0. The second-order valence-electron chi connectivity index (χ2n) is 4.90. The summed E-state index contributed by atoms with van der Waals surface area (Å²) in [6.07, 6.45) is 4.39. The summed E-state index contributed by atoms with van der Waals surface area (Å²) in [6, 6.07) is 5.04. The highest BCUT2D eigenvalue weighted by molar-refractivity contribution is 5.96. The molecule has 20 heavy (non-hydrogen) atoms. The number of carbonyl (C=O) groups is 2. The minimum Gasteiger partial charge on any atom is -0.366 e. The van der Waals surface area contributed by atoms with Crippen LogP contribution in [-0.2, 0) is 4.79 Å². The molecule has 0 aromatic heterocycles. The number of amides is 2. The van der Waals surface area contributed by atoms with Crippen LogP contribution in [-0.4, -0.2) is 18.4 Å². The van der Waals surface area contributed by atoms with Gasteiger partial charge in [0.05, 0.1) is 0 Å². The van der Waals surface area contributed by atoms with Crippen molar-refractivity contribution < 1.29 is 9.59 Å². The Balaban J connectivity index is 2.49. The monoisotopic (exact) mass is 277 g/mol. The highest BCUT2D eigenvalue weighted by atomic mass is 16.2. The van der Waals surface area contributed by atoms with Crippen molar-refractivity contribution in [3.63, 3.8) is 0 Å². The van der Waals surface area contributed by atoms with Crippen LogP contribution in [0.25, 0.3) is 0 Å². The van der Waals surface area contributed by atoms with E-state index >= 15 is 0 Å². The van der Waals surface area contributed by atoms with Gasteiger partial charge in [0.1, 0.15) is 0 Å². The van der Waals surface area contributed by atoms with E-state index in [-0.39, 0.29) is 5.91 Å². The van der Waals surface area contributed by atoms with Gasteiger partial charge in [-0.1, -0.05) is 18.9 Å². The third-order valence-electron chi connectivity index (χ3n) is 3.15. The standard InChI is InChI=1S/C15H23N3O2/c1-11-7-8-12(15(17)20)10-13(11)18-14(19)6-4-2-3-5-9-16/h7-8,10H,2-6,9,16H2,1H3,(H2,17,20)(H,18,19). The molecule has 0 radical (unpaired) electrons. The van der Waals surface area contributed by atoms with E-state index in [9.17, 15) is 9.59 Å². The lowest BCUT2D eigenvalue weighted by atomic mass is 10.1. The van der Waals surface area contributed by atoms with Gasteiger partial charge in [0.2, 0.25) is 11.8 Å². The fourth-order valence-corrected chi connectivity index (χ4v) is 1.91. The molecular weight excluding hydrogens is 254 g/mol. The number of aryl methyl sites for hydroxylation is 1. The number of hydrogen-bond donors (Lipinski definition) is 3. The minimum absolute atomic E-state index is 0.0394. The fourth-order valence-electron chi connectivity index (χ4n) is 1.91. The van der Waals surface area contributed by atoms with Gasteiger partial charge in [-0.3, -0.25) is 9.59 Å². The molecule has 0 aliphatic rings. The highest BCUT2D eigenvalue weighted by Gasteiger charge is 2.08. The van der Waals surface area contributed by atoms with Crippen molar-refractivity contribution in [3.8, 4) is 0 Å². The molecule has 5 N–H and O–H groups in total. The van der Waals surface area contributed by atoms with Crippen LogP contribution in [0.4, 0.5) is 5.69 Å². The topological polar surface area (TPSA) is 98.2 Å². The number of unbranched alkanes of at least 4 members (excludes halogenated alkanes) is 3. The molecule has 0 saturated heterocycles. The lowest BCUT2D eigenvalue weighted by molar-refractivity contribution is -0.116. The summed E-state index contributed by atoms with van der Waals surface area (Å²) in [5, 5.41) is 2.82. The second kappa shape index (κ2) is 8.32. The molecule has 0 bridgehead atoms. The van der Waals surface area contributed by atoms with E-state index in [1.54, 1.807) is 18.2 Å². The number of carbonyl (C=O) groups excluding carboxylic acids is 2. The first-order chi connectivity index (χ1) is 9.54. The molecular formula is C15H23N3O2. The Labute approximate surface area is 119 Å². The van der Waals surface area contributed by atoms with Gasteiger partial charge in [-0.2, -0.15) is 0 Å². The summed E-state index contributed by atoms with van der Waals surface area (Å²) in [5.41, 5.74) is 12.6. The van der Waals surface area contributed by atoms with Gasteiger partial charge >= 0.3 is 0 Å². The molecule has 0 spiro atoms. The summed E-state index contributed by atoms with van der Waals surface area (Å²) in [5.74, 6) is -0.537. The van der Waals surface area contributed by atoms with Gasteiger partial charge in [-0.25, -0.2) is 0 Å². The molecule has 110 valence electrons. The van der Waals surface area contributed by atoms with Crippen molar-refractivity contribution in [2.75, 3.05) is 11.9 Å². The van der Waals surface area contributed by atoms with Crippen molar-refractivity contribution in [1.29, 1.82) is 0 Å². The lowest BCUT2D eigenvalue weighted by Crippen LogP contribution is -2.15. The maximum absolute atomic E-state index is 11.8. The predicted molar refractivity (Wildman–Crippen MR) is 80.5 cm³/mol. The molecule has 0 heterocycles. The van der Waals surface area contributed by atoms with Gasteiger partial charge in [-0.15, -0.1) is 0 Å². The van der Waals surface area contributed by atoms with Crippen LogP contribution in [0.5, 0.6) is 0 Å². The Morgan fingerprint density at radius 3 is 2.50 bits per heavy atom. The van der Waals surface area contributed by atoms with Gasteiger partial charge in [-0.05, 0) is 44.0 Å². The summed E-state index contributed by atoms with van der Waals surface area (Å²) in [6.45, 7) is 2.58. The van der Waals surface area contributed by atoms with Crippen molar-refractivity contribution in [3.05, 3.63) is 29.3 Å². The number of rotatable bonds is 8. The third kappa shape index (κ3) is 5.40. The molecule has 1 rings (SSSR count). The zero-order valence-corrected chi connectivity index (χ0v) is 11.9. The lowest BCUT2D eigenvalue weighted by Gasteiger charge is -2.09. The molecule has 0 atom stereocenters. The fraction of sp³-hybridized carbons (Fsp3) is 0.467. The zero-order valence-electron chi connectivity index (χ0n) is 11.9. The van der Waals surface area contributed by atoms with Crippen LogP contribution < -0.4 is 16.8 Å². The quantitative estimate of drug-likeness (QED) is 0.633. The largest absolute Gasteiger partial charge is 0.366 e. The number of nitrogens with two attached hydrogens (primary N) is 2. The second-order valence-corrected chi connectivity index (χ2v) is 4.90. The maximum Gasteiger partial charge on any atom is 0.248 e. The average molecular weight is 277 g/mol. The maximum atomic E-state index is 11.8. The van der Waals surface area contributed by atoms with Crippen LogP contribution in [0.2, 0.25) is 0 Å². The zero-order chi connectivity index (χ0) is 15.0. The molecule has 5 nitrogen and oxygen atoms in total. The molecule has 1 aromatic carbocycles. The Bertz CT molecular complexity index is 472. The van der Waals surface area contributed by atoms with Crippen LogP contribution in [0.15, 0.2) is 18.2 Å². The van der Waals surface area contributed by atoms with Gasteiger partial charge < -0.3 is 16.8 Å². The predicted octanol–water partition coefficient (Wildman–Crippen LogP) is 1.94.